The van der Waals surface area contributed by atoms with Crippen LogP contribution in [-0.4, -0.2) is 18.0 Å². The van der Waals surface area contributed by atoms with Crippen LogP contribution in [0, 0.1) is 0 Å². The van der Waals surface area contributed by atoms with Gasteiger partial charge < -0.3 is 4.90 Å². The first-order valence-electron chi connectivity index (χ1n) is 5.56. The Kier molecular flexibility index (Phi) is 6.91. The van der Waals surface area contributed by atoms with E-state index in [4.69, 9.17) is 0 Å². The Labute approximate surface area is 88.8 Å². The zero-order valence-electron chi connectivity index (χ0n) is 9.84. The molecular formula is C13H23N. The van der Waals surface area contributed by atoms with Crippen molar-refractivity contribution < 1.29 is 0 Å². The van der Waals surface area contributed by atoms with E-state index in [2.05, 4.69) is 25.0 Å². The van der Waals surface area contributed by atoms with Gasteiger partial charge in [0, 0.05) is 18.8 Å². The number of hydrogen-bond donors (Lipinski definition) is 0. The van der Waals surface area contributed by atoms with Gasteiger partial charge in [0.25, 0.3) is 0 Å². The minimum atomic E-state index is 1.07. The molecule has 0 aromatic carbocycles. The number of likely N-dealkylation sites (N-methyl/N-ethyl adjacent to an activating group) is 1. The van der Waals surface area contributed by atoms with Gasteiger partial charge in [-0.2, -0.15) is 0 Å². The first-order chi connectivity index (χ1) is 6.83. The monoisotopic (exact) mass is 193 g/mol. The van der Waals surface area contributed by atoms with Crippen molar-refractivity contribution in [1.82, 2.24) is 4.90 Å². The molecule has 1 nitrogen and oxygen atoms in total. The van der Waals surface area contributed by atoms with Gasteiger partial charge in [0.05, 0.1) is 0 Å². The van der Waals surface area contributed by atoms with Crippen LogP contribution in [0.1, 0.15) is 33.6 Å². The van der Waals surface area contributed by atoms with Crippen LogP contribution in [0.3, 0.4) is 0 Å². The summed E-state index contributed by atoms with van der Waals surface area (Å²) in [6, 6.07) is 0. The molecule has 0 unspecified atom stereocenters. The van der Waals surface area contributed by atoms with Gasteiger partial charge in [-0.05, 0) is 31.4 Å². The Balaban J connectivity index is 0.000000791. The molecule has 0 saturated heterocycles. The maximum atomic E-state index is 3.83. The van der Waals surface area contributed by atoms with Crippen molar-refractivity contribution in [2.45, 2.75) is 33.6 Å². The smallest absolute Gasteiger partial charge is 0.0392 e. The lowest BCUT2D eigenvalue weighted by Gasteiger charge is -2.30. The Hall–Kier alpha value is -0.980. The molecule has 0 bridgehead atoms. The topological polar surface area (TPSA) is 3.24 Å². The highest BCUT2D eigenvalue weighted by Gasteiger charge is 2.13. The number of allylic oxidation sites excluding steroid dienone is 3. The van der Waals surface area contributed by atoms with E-state index < -0.39 is 0 Å². The minimum Gasteiger partial charge on any atom is -0.372 e. The molecule has 0 spiro atoms. The van der Waals surface area contributed by atoms with Gasteiger partial charge in [-0.15, -0.1) is 0 Å². The summed E-state index contributed by atoms with van der Waals surface area (Å²) >= 11 is 0. The Morgan fingerprint density at radius 3 is 2.36 bits per heavy atom. The van der Waals surface area contributed by atoms with Crippen molar-refractivity contribution in [2.24, 2.45) is 0 Å². The van der Waals surface area contributed by atoms with E-state index >= 15 is 0 Å². The molecule has 0 fully saturated rings. The van der Waals surface area contributed by atoms with E-state index in [0.717, 1.165) is 19.5 Å². The fraction of sp³-hybridized carbons (Fsp3) is 0.538. The van der Waals surface area contributed by atoms with E-state index in [1.54, 1.807) is 0 Å². The van der Waals surface area contributed by atoms with E-state index in [0.29, 0.717) is 0 Å². The molecule has 1 heteroatoms. The lowest BCUT2D eigenvalue weighted by atomic mass is 10.0. The molecule has 1 heterocycles. The summed E-state index contributed by atoms with van der Waals surface area (Å²) in [5, 5.41) is 0. The molecule has 0 saturated carbocycles. The van der Waals surface area contributed by atoms with Gasteiger partial charge in [-0.1, -0.05) is 33.1 Å². The highest BCUT2D eigenvalue weighted by atomic mass is 15.1. The third-order valence-corrected chi connectivity index (χ3v) is 2.37. The van der Waals surface area contributed by atoms with Crippen LogP contribution in [-0.2, 0) is 0 Å². The Morgan fingerprint density at radius 1 is 1.29 bits per heavy atom. The molecular weight excluding hydrogens is 170 g/mol. The lowest BCUT2D eigenvalue weighted by molar-refractivity contribution is 0.345. The second-order valence-electron chi connectivity index (χ2n) is 3.00. The van der Waals surface area contributed by atoms with Crippen LogP contribution in [0.25, 0.3) is 0 Å². The third kappa shape index (κ3) is 3.06. The average Bonchev–Trinajstić information content (AvgIpc) is 2.30. The van der Waals surface area contributed by atoms with Crippen LogP contribution in [0.5, 0.6) is 0 Å². The molecule has 1 rings (SSSR count). The normalized spacial score (nSPS) is 15.8. The number of nitrogens with zero attached hydrogens (tertiary/aromatic N) is 1. The van der Waals surface area contributed by atoms with Crippen molar-refractivity contribution in [3.05, 3.63) is 36.6 Å². The number of hydrogen-bond acceptors (Lipinski definition) is 1. The predicted molar refractivity (Wildman–Crippen MR) is 65.2 cm³/mol. The molecule has 14 heavy (non-hydrogen) atoms. The highest BCUT2D eigenvalue weighted by Crippen LogP contribution is 2.22. The zero-order chi connectivity index (χ0) is 11.0. The third-order valence-electron chi connectivity index (χ3n) is 2.37. The van der Waals surface area contributed by atoms with E-state index in [-0.39, 0.29) is 0 Å². The highest BCUT2D eigenvalue weighted by molar-refractivity contribution is 5.32. The summed E-state index contributed by atoms with van der Waals surface area (Å²) in [4.78, 5) is 2.35. The SMILES string of the molecule is C=CC1=C(C=C)N(CC)CCC1.CC. The molecule has 1 aliphatic heterocycles. The van der Waals surface area contributed by atoms with Crippen molar-refractivity contribution in [2.75, 3.05) is 13.1 Å². The summed E-state index contributed by atoms with van der Waals surface area (Å²) in [5.41, 5.74) is 2.62. The molecule has 0 aromatic heterocycles. The number of rotatable bonds is 3. The molecule has 0 radical (unpaired) electrons. The van der Waals surface area contributed by atoms with Crippen molar-refractivity contribution in [1.29, 1.82) is 0 Å². The van der Waals surface area contributed by atoms with Gasteiger partial charge in [0.2, 0.25) is 0 Å². The molecule has 0 aromatic rings. The quantitative estimate of drug-likeness (QED) is 0.659. The standard InChI is InChI=1S/C11H17N.C2H6/c1-4-10-8-7-9-12(6-3)11(10)5-2;1-2/h4-5H,1-2,6-9H2,3H3;1-2H3. The molecule has 0 atom stereocenters. The fourth-order valence-electron chi connectivity index (χ4n) is 1.71. The first-order valence-corrected chi connectivity index (χ1v) is 5.56. The predicted octanol–water partition coefficient (Wildman–Crippen LogP) is 3.75. The fourth-order valence-corrected chi connectivity index (χ4v) is 1.71. The Bertz CT molecular complexity index is 213. The van der Waals surface area contributed by atoms with E-state index in [9.17, 15) is 0 Å². The van der Waals surface area contributed by atoms with Gasteiger partial charge in [0.15, 0.2) is 0 Å². The maximum Gasteiger partial charge on any atom is 0.0392 e. The summed E-state index contributed by atoms with van der Waals surface area (Å²) in [7, 11) is 0. The zero-order valence-corrected chi connectivity index (χ0v) is 9.84. The van der Waals surface area contributed by atoms with Crippen molar-refractivity contribution in [3.63, 3.8) is 0 Å². The van der Waals surface area contributed by atoms with Gasteiger partial charge in [-0.25, -0.2) is 0 Å². The van der Waals surface area contributed by atoms with Gasteiger partial charge >= 0.3 is 0 Å². The summed E-state index contributed by atoms with van der Waals surface area (Å²) < 4.78 is 0. The van der Waals surface area contributed by atoms with E-state index in [1.807, 2.05) is 26.0 Å². The van der Waals surface area contributed by atoms with E-state index in [1.165, 1.54) is 17.7 Å². The van der Waals surface area contributed by atoms with Crippen LogP contribution >= 0.6 is 0 Å². The van der Waals surface area contributed by atoms with Crippen LogP contribution in [0.4, 0.5) is 0 Å². The molecule has 1 aliphatic rings. The molecule has 80 valence electrons. The minimum absolute atomic E-state index is 1.07. The first kappa shape index (κ1) is 13.0. The summed E-state index contributed by atoms with van der Waals surface area (Å²) in [6.45, 7) is 16.1. The molecule has 0 aliphatic carbocycles. The summed E-state index contributed by atoms with van der Waals surface area (Å²) in [5.74, 6) is 0. The molecule has 0 N–H and O–H groups in total. The van der Waals surface area contributed by atoms with Crippen LogP contribution in [0.15, 0.2) is 36.6 Å². The molecule has 0 amide bonds. The average molecular weight is 193 g/mol. The maximum absolute atomic E-state index is 3.83. The second-order valence-corrected chi connectivity index (χ2v) is 3.00. The lowest BCUT2D eigenvalue weighted by Crippen LogP contribution is -2.27. The Morgan fingerprint density at radius 2 is 1.93 bits per heavy atom. The van der Waals surface area contributed by atoms with Crippen molar-refractivity contribution >= 4 is 0 Å². The largest absolute Gasteiger partial charge is 0.372 e. The van der Waals surface area contributed by atoms with Crippen LogP contribution in [0.2, 0.25) is 0 Å². The second kappa shape index (κ2) is 7.43. The van der Waals surface area contributed by atoms with Crippen LogP contribution < -0.4 is 0 Å². The van der Waals surface area contributed by atoms with Gasteiger partial charge in [-0.3, -0.25) is 0 Å². The van der Waals surface area contributed by atoms with Gasteiger partial charge in [0.1, 0.15) is 0 Å². The summed E-state index contributed by atoms with van der Waals surface area (Å²) in [6.07, 6.45) is 6.30. The van der Waals surface area contributed by atoms with Crippen molar-refractivity contribution in [3.8, 4) is 0 Å².